The van der Waals surface area contributed by atoms with Crippen LogP contribution in [0.25, 0.3) is 0 Å². The molecular formula is C23H19BrClFN2O3. The molecule has 0 saturated heterocycles. The zero-order chi connectivity index (χ0) is 22.2. The van der Waals surface area contributed by atoms with Crippen molar-refractivity contribution in [2.24, 2.45) is 5.10 Å². The van der Waals surface area contributed by atoms with Crippen molar-refractivity contribution in [2.45, 2.75) is 13.5 Å². The molecule has 5 nitrogen and oxygen atoms in total. The second kappa shape index (κ2) is 10.9. The normalized spacial score (nSPS) is 10.8. The average Bonchev–Trinajstić information content (AvgIpc) is 2.76. The van der Waals surface area contributed by atoms with Gasteiger partial charge in [-0.1, -0.05) is 29.8 Å². The summed E-state index contributed by atoms with van der Waals surface area (Å²) in [7, 11) is 0. The van der Waals surface area contributed by atoms with Crippen molar-refractivity contribution < 1.29 is 18.7 Å². The number of rotatable bonds is 8. The smallest absolute Gasteiger partial charge is 0.271 e. The van der Waals surface area contributed by atoms with Gasteiger partial charge in [-0.25, -0.2) is 9.82 Å². The number of nitrogens with one attached hydrogen (secondary N) is 1. The largest absolute Gasteiger partial charge is 0.490 e. The number of halogens is 3. The van der Waals surface area contributed by atoms with Gasteiger partial charge in [0.25, 0.3) is 5.91 Å². The van der Waals surface area contributed by atoms with Crippen LogP contribution in [0.2, 0.25) is 5.02 Å². The molecule has 31 heavy (non-hydrogen) atoms. The van der Waals surface area contributed by atoms with Crippen molar-refractivity contribution in [1.82, 2.24) is 5.43 Å². The Morgan fingerprint density at radius 2 is 1.84 bits per heavy atom. The van der Waals surface area contributed by atoms with Gasteiger partial charge >= 0.3 is 0 Å². The van der Waals surface area contributed by atoms with Crippen LogP contribution in [-0.2, 0) is 6.61 Å². The SMILES string of the molecule is CCOc1cc(/C=N\NC(=O)c2ccc(Cl)cc2)c(Br)cc1OCc1ccccc1F. The quantitative estimate of drug-likeness (QED) is 0.302. The van der Waals surface area contributed by atoms with Crippen LogP contribution in [0.3, 0.4) is 0 Å². The molecule has 0 atom stereocenters. The van der Waals surface area contributed by atoms with E-state index in [9.17, 15) is 9.18 Å². The molecule has 3 aromatic rings. The van der Waals surface area contributed by atoms with E-state index in [1.807, 2.05) is 6.92 Å². The Kier molecular flexibility index (Phi) is 8.03. The lowest BCUT2D eigenvalue weighted by atomic mass is 10.2. The summed E-state index contributed by atoms with van der Waals surface area (Å²) in [5.41, 5.74) is 4.01. The van der Waals surface area contributed by atoms with E-state index in [2.05, 4.69) is 26.5 Å². The Balaban J connectivity index is 1.73. The van der Waals surface area contributed by atoms with Crippen LogP contribution in [-0.4, -0.2) is 18.7 Å². The first-order chi connectivity index (χ1) is 15.0. The lowest BCUT2D eigenvalue weighted by Gasteiger charge is -2.14. The van der Waals surface area contributed by atoms with E-state index in [4.69, 9.17) is 21.1 Å². The molecule has 1 N–H and O–H groups in total. The number of hydrogen-bond donors (Lipinski definition) is 1. The highest BCUT2D eigenvalue weighted by Gasteiger charge is 2.12. The maximum absolute atomic E-state index is 13.9. The number of amides is 1. The number of ether oxygens (including phenoxy) is 2. The minimum atomic E-state index is -0.362. The zero-order valence-corrected chi connectivity index (χ0v) is 18.9. The topological polar surface area (TPSA) is 59.9 Å². The van der Waals surface area contributed by atoms with Crippen LogP contribution >= 0.6 is 27.5 Å². The standard InChI is InChI=1S/C23H19BrClFN2O3/c1-2-30-21-11-17(13-27-28-23(29)15-7-9-18(25)10-8-15)19(24)12-22(21)31-14-16-5-3-4-6-20(16)26/h3-13H,2,14H2,1H3,(H,28,29)/b27-13-. The van der Waals surface area contributed by atoms with Crippen LogP contribution in [0.1, 0.15) is 28.4 Å². The molecule has 0 unspecified atom stereocenters. The molecule has 0 heterocycles. The lowest BCUT2D eigenvalue weighted by molar-refractivity contribution is 0.0955. The molecule has 160 valence electrons. The van der Waals surface area contributed by atoms with Gasteiger partial charge in [-0.15, -0.1) is 0 Å². The first kappa shape index (κ1) is 22.8. The molecule has 0 aliphatic heterocycles. The summed E-state index contributed by atoms with van der Waals surface area (Å²) in [6, 6.07) is 16.3. The highest BCUT2D eigenvalue weighted by Crippen LogP contribution is 2.34. The van der Waals surface area contributed by atoms with Crippen LogP contribution < -0.4 is 14.9 Å². The third-order valence-electron chi connectivity index (χ3n) is 4.18. The Labute approximate surface area is 193 Å². The molecule has 0 aromatic heterocycles. The number of nitrogens with zero attached hydrogens (tertiary/aromatic N) is 1. The number of carbonyl (C=O) groups excluding carboxylic acids is 1. The van der Waals surface area contributed by atoms with Crippen LogP contribution in [0.5, 0.6) is 11.5 Å². The number of benzene rings is 3. The number of hydrogen-bond acceptors (Lipinski definition) is 4. The number of hydrazone groups is 1. The number of carbonyl (C=O) groups is 1. The molecule has 0 bridgehead atoms. The van der Waals surface area contributed by atoms with E-state index in [0.717, 1.165) is 0 Å². The summed E-state index contributed by atoms with van der Waals surface area (Å²) in [4.78, 5) is 12.1. The van der Waals surface area contributed by atoms with Crippen LogP contribution in [0.4, 0.5) is 4.39 Å². The fraction of sp³-hybridized carbons (Fsp3) is 0.130. The van der Waals surface area contributed by atoms with Crippen molar-refractivity contribution >= 4 is 39.7 Å². The molecule has 3 aromatic carbocycles. The Bertz CT molecular complexity index is 1090. The molecule has 0 spiro atoms. The van der Waals surface area contributed by atoms with Gasteiger partial charge in [-0.05, 0) is 65.3 Å². The van der Waals surface area contributed by atoms with Gasteiger partial charge < -0.3 is 9.47 Å². The Morgan fingerprint density at radius 3 is 2.55 bits per heavy atom. The first-order valence-corrected chi connectivity index (χ1v) is 10.6. The predicted molar refractivity (Wildman–Crippen MR) is 123 cm³/mol. The Hall–Kier alpha value is -2.90. The minimum Gasteiger partial charge on any atom is -0.490 e. The second-order valence-corrected chi connectivity index (χ2v) is 7.63. The Morgan fingerprint density at radius 1 is 1.13 bits per heavy atom. The average molecular weight is 506 g/mol. The zero-order valence-electron chi connectivity index (χ0n) is 16.6. The summed E-state index contributed by atoms with van der Waals surface area (Å²) in [6.07, 6.45) is 1.49. The summed E-state index contributed by atoms with van der Waals surface area (Å²) < 4.78 is 26.0. The fourth-order valence-electron chi connectivity index (χ4n) is 2.63. The highest BCUT2D eigenvalue weighted by molar-refractivity contribution is 9.10. The van der Waals surface area contributed by atoms with Crippen molar-refractivity contribution in [2.75, 3.05) is 6.61 Å². The van der Waals surface area contributed by atoms with Crippen molar-refractivity contribution in [3.63, 3.8) is 0 Å². The first-order valence-electron chi connectivity index (χ1n) is 9.39. The van der Waals surface area contributed by atoms with E-state index < -0.39 is 0 Å². The van der Waals surface area contributed by atoms with Gasteiger partial charge in [-0.2, -0.15) is 5.10 Å². The minimum absolute atomic E-state index is 0.0593. The van der Waals surface area contributed by atoms with Crippen molar-refractivity contribution in [3.8, 4) is 11.5 Å². The summed E-state index contributed by atoms with van der Waals surface area (Å²) in [6.45, 7) is 2.33. The summed E-state index contributed by atoms with van der Waals surface area (Å²) in [5.74, 6) is 0.241. The van der Waals surface area contributed by atoms with E-state index in [0.29, 0.717) is 44.3 Å². The predicted octanol–water partition coefficient (Wildman–Crippen LogP) is 5.98. The maximum Gasteiger partial charge on any atom is 0.271 e. The van der Waals surface area contributed by atoms with Gasteiger partial charge in [0.2, 0.25) is 0 Å². The molecule has 0 aliphatic carbocycles. The maximum atomic E-state index is 13.9. The van der Waals surface area contributed by atoms with Crippen LogP contribution in [0, 0.1) is 5.82 Å². The highest BCUT2D eigenvalue weighted by atomic mass is 79.9. The molecule has 0 aliphatic rings. The van der Waals surface area contributed by atoms with Crippen LogP contribution in [0.15, 0.2) is 70.2 Å². The second-order valence-electron chi connectivity index (χ2n) is 6.34. The summed E-state index contributed by atoms with van der Waals surface area (Å²) in [5, 5.41) is 4.55. The fourth-order valence-corrected chi connectivity index (χ4v) is 3.18. The molecule has 0 radical (unpaired) electrons. The third-order valence-corrected chi connectivity index (χ3v) is 5.12. The van der Waals surface area contributed by atoms with Gasteiger partial charge in [0.15, 0.2) is 11.5 Å². The molecule has 0 saturated carbocycles. The monoisotopic (exact) mass is 504 g/mol. The summed E-state index contributed by atoms with van der Waals surface area (Å²) >= 11 is 9.29. The van der Waals surface area contributed by atoms with Gasteiger partial charge in [0.1, 0.15) is 12.4 Å². The van der Waals surface area contributed by atoms with E-state index in [1.54, 1.807) is 54.6 Å². The molecule has 8 heteroatoms. The lowest BCUT2D eigenvalue weighted by Crippen LogP contribution is -2.17. The van der Waals surface area contributed by atoms with E-state index in [1.165, 1.54) is 12.3 Å². The third kappa shape index (κ3) is 6.29. The van der Waals surface area contributed by atoms with Gasteiger partial charge in [0, 0.05) is 26.2 Å². The molecule has 1 amide bonds. The molecule has 3 rings (SSSR count). The van der Waals surface area contributed by atoms with Crippen molar-refractivity contribution in [3.05, 3.63) is 92.7 Å². The van der Waals surface area contributed by atoms with Gasteiger partial charge in [-0.3, -0.25) is 4.79 Å². The molecular weight excluding hydrogens is 487 g/mol. The van der Waals surface area contributed by atoms with Crippen molar-refractivity contribution in [1.29, 1.82) is 0 Å². The van der Waals surface area contributed by atoms with Gasteiger partial charge in [0.05, 0.1) is 12.8 Å². The molecule has 0 fully saturated rings. The van der Waals surface area contributed by atoms with E-state index in [-0.39, 0.29) is 18.3 Å². The van der Waals surface area contributed by atoms with E-state index >= 15 is 0 Å².